The number of alkyl halides is 2. The second kappa shape index (κ2) is 8.67. The van der Waals surface area contributed by atoms with Crippen molar-refractivity contribution in [3.8, 4) is 5.75 Å². The highest BCUT2D eigenvalue weighted by Crippen LogP contribution is 2.26. The molecule has 0 aromatic heterocycles. The summed E-state index contributed by atoms with van der Waals surface area (Å²) in [6.45, 7) is -2.93. The van der Waals surface area contributed by atoms with Gasteiger partial charge in [-0.1, -0.05) is 54.6 Å². The SMILES string of the molecule is O=C(CSCc1ccc2ccccc2c1)Nc1ccccc1OC(F)F. The predicted molar refractivity (Wildman–Crippen MR) is 102 cm³/mol. The summed E-state index contributed by atoms with van der Waals surface area (Å²) in [5, 5.41) is 4.95. The number of para-hydroxylation sites is 2. The summed E-state index contributed by atoms with van der Waals surface area (Å²) in [7, 11) is 0. The van der Waals surface area contributed by atoms with E-state index in [9.17, 15) is 13.6 Å². The number of rotatable bonds is 7. The second-order valence-corrected chi connectivity index (χ2v) is 6.58. The van der Waals surface area contributed by atoms with Crippen molar-refractivity contribution in [1.82, 2.24) is 0 Å². The average molecular weight is 373 g/mol. The second-order valence-electron chi connectivity index (χ2n) is 5.60. The molecule has 0 saturated carbocycles. The third-order valence-electron chi connectivity index (χ3n) is 3.69. The molecule has 1 N–H and O–H groups in total. The maximum Gasteiger partial charge on any atom is 0.387 e. The molecular weight excluding hydrogens is 356 g/mol. The van der Waals surface area contributed by atoms with Gasteiger partial charge in [-0.3, -0.25) is 4.79 Å². The van der Waals surface area contributed by atoms with E-state index in [2.05, 4.69) is 34.3 Å². The highest BCUT2D eigenvalue weighted by atomic mass is 32.2. The van der Waals surface area contributed by atoms with E-state index < -0.39 is 6.61 Å². The lowest BCUT2D eigenvalue weighted by Gasteiger charge is -2.11. The Hall–Kier alpha value is -2.60. The van der Waals surface area contributed by atoms with Crippen LogP contribution in [0.25, 0.3) is 10.8 Å². The van der Waals surface area contributed by atoms with Crippen LogP contribution in [0.15, 0.2) is 66.7 Å². The molecule has 0 heterocycles. The molecule has 0 aliphatic carbocycles. The van der Waals surface area contributed by atoms with Gasteiger partial charge in [0.25, 0.3) is 0 Å². The van der Waals surface area contributed by atoms with E-state index in [4.69, 9.17) is 0 Å². The first kappa shape index (κ1) is 18.2. The normalized spacial score (nSPS) is 10.9. The van der Waals surface area contributed by atoms with E-state index in [0.29, 0.717) is 5.75 Å². The molecular formula is C20H17F2NO2S. The molecule has 3 aromatic rings. The Labute approximate surface area is 154 Å². The van der Waals surface area contributed by atoms with E-state index in [1.54, 1.807) is 12.1 Å². The highest BCUT2D eigenvalue weighted by molar-refractivity contribution is 7.99. The lowest BCUT2D eigenvalue weighted by molar-refractivity contribution is -0.113. The number of carbonyl (C=O) groups excluding carboxylic acids is 1. The summed E-state index contributed by atoms with van der Waals surface area (Å²) < 4.78 is 29.2. The Morgan fingerprint density at radius 3 is 2.54 bits per heavy atom. The number of nitrogens with one attached hydrogen (secondary N) is 1. The van der Waals surface area contributed by atoms with Crippen molar-refractivity contribution in [2.75, 3.05) is 11.1 Å². The van der Waals surface area contributed by atoms with E-state index in [1.165, 1.54) is 29.3 Å². The number of hydrogen-bond acceptors (Lipinski definition) is 3. The zero-order valence-corrected chi connectivity index (χ0v) is 14.6. The molecule has 1 amide bonds. The standard InChI is InChI=1S/C20H17F2NO2S/c21-20(22)25-18-8-4-3-7-17(18)23-19(24)13-26-12-14-9-10-15-5-1-2-6-16(15)11-14/h1-11,20H,12-13H2,(H,23,24). The highest BCUT2D eigenvalue weighted by Gasteiger charge is 2.11. The summed E-state index contributed by atoms with van der Waals surface area (Å²) in [5.41, 5.74) is 1.37. The Kier molecular flexibility index (Phi) is 6.07. The molecule has 3 rings (SSSR count). The molecule has 0 bridgehead atoms. The van der Waals surface area contributed by atoms with Crippen LogP contribution in [0.3, 0.4) is 0 Å². The fraction of sp³-hybridized carbons (Fsp3) is 0.150. The maximum absolute atomic E-state index is 12.4. The van der Waals surface area contributed by atoms with Gasteiger partial charge in [0.1, 0.15) is 5.75 Å². The minimum Gasteiger partial charge on any atom is -0.433 e. The summed E-state index contributed by atoms with van der Waals surface area (Å²) in [5.74, 6) is 0.597. The molecule has 0 aliphatic rings. The van der Waals surface area contributed by atoms with Gasteiger partial charge in [0.15, 0.2) is 0 Å². The molecule has 6 heteroatoms. The fourth-order valence-corrected chi connectivity index (χ4v) is 3.32. The number of ether oxygens (including phenoxy) is 1. The van der Waals surface area contributed by atoms with Crippen molar-refractivity contribution < 1.29 is 18.3 Å². The van der Waals surface area contributed by atoms with E-state index in [-0.39, 0.29) is 23.1 Å². The minimum absolute atomic E-state index is 0.0459. The van der Waals surface area contributed by atoms with Crippen LogP contribution in [-0.4, -0.2) is 18.3 Å². The Morgan fingerprint density at radius 2 is 1.73 bits per heavy atom. The smallest absolute Gasteiger partial charge is 0.387 e. The molecule has 0 fully saturated rings. The molecule has 3 nitrogen and oxygen atoms in total. The van der Waals surface area contributed by atoms with Gasteiger partial charge < -0.3 is 10.1 Å². The number of halogens is 2. The first-order valence-electron chi connectivity index (χ1n) is 8.01. The van der Waals surface area contributed by atoms with Crippen molar-refractivity contribution in [3.05, 3.63) is 72.3 Å². The van der Waals surface area contributed by atoms with Gasteiger partial charge in [0.05, 0.1) is 11.4 Å². The van der Waals surface area contributed by atoms with Gasteiger partial charge in [-0.2, -0.15) is 8.78 Å². The number of thioether (sulfide) groups is 1. The van der Waals surface area contributed by atoms with Gasteiger partial charge in [0.2, 0.25) is 5.91 Å². The zero-order valence-electron chi connectivity index (χ0n) is 13.8. The van der Waals surface area contributed by atoms with Crippen molar-refractivity contribution in [1.29, 1.82) is 0 Å². The number of amides is 1. The summed E-state index contributed by atoms with van der Waals surface area (Å²) in [4.78, 5) is 12.1. The molecule has 0 unspecified atom stereocenters. The molecule has 0 radical (unpaired) electrons. The maximum atomic E-state index is 12.4. The Balaban J connectivity index is 1.54. The molecule has 26 heavy (non-hydrogen) atoms. The van der Waals surface area contributed by atoms with Gasteiger partial charge in [-0.25, -0.2) is 0 Å². The lowest BCUT2D eigenvalue weighted by atomic mass is 10.1. The van der Waals surface area contributed by atoms with E-state index >= 15 is 0 Å². The van der Waals surface area contributed by atoms with E-state index in [1.807, 2.05) is 18.2 Å². The van der Waals surface area contributed by atoms with Crippen LogP contribution >= 0.6 is 11.8 Å². The van der Waals surface area contributed by atoms with Gasteiger partial charge in [-0.15, -0.1) is 11.8 Å². The van der Waals surface area contributed by atoms with Crippen molar-refractivity contribution in [2.24, 2.45) is 0 Å². The first-order chi connectivity index (χ1) is 12.6. The zero-order chi connectivity index (χ0) is 18.4. The molecule has 0 aliphatic heterocycles. The Bertz CT molecular complexity index is 902. The summed E-state index contributed by atoms with van der Waals surface area (Å²) >= 11 is 1.46. The quantitative estimate of drug-likeness (QED) is 0.610. The van der Waals surface area contributed by atoms with Gasteiger partial charge >= 0.3 is 6.61 Å². The van der Waals surface area contributed by atoms with Crippen LogP contribution in [0.5, 0.6) is 5.75 Å². The Morgan fingerprint density at radius 1 is 1.00 bits per heavy atom. The molecule has 134 valence electrons. The van der Waals surface area contributed by atoms with Crippen LogP contribution in [-0.2, 0) is 10.5 Å². The van der Waals surface area contributed by atoms with Crippen LogP contribution in [0.4, 0.5) is 14.5 Å². The van der Waals surface area contributed by atoms with Gasteiger partial charge in [0, 0.05) is 5.75 Å². The number of benzene rings is 3. The lowest BCUT2D eigenvalue weighted by Crippen LogP contribution is -2.15. The monoisotopic (exact) mass is 373 g/mol. The molecule has 0 saturated heterocycles. The molecule has 0 spiro atoms. The third kappa shape index (κ3) is 4.95. The van der Waals surface area contributed by atoms with Crippen LogP contribution in [0, 0.1) is 0 Å². The number of hydrogen-bond donors (Lipinski definition) is 1. The van der Waals surface area contributed by atoms with E-state index in [0.717, 1.165) is 10.9 Å². The molecule has 3 aromatic carbocycles. The van der Waals surface area contributed by atoms with Crippen LogP contribution in [0.1, 0.15) is 5.56 Å². The van der Waals surface area contributed by atoms with Gasteiger partial charge in [-0.05, 0) is 28.5 Å². The van der Waals surface area contributed by atoms with Crippen molar-refractivity contribution >= 4 is 34.1 Å². The summed E-state index contributed by atoms with van der Waals surface area (Å²) in [6, 6.07) is 20.4. The molecule has 0 atom stereocenters. The average Bonchev–Trinajstić information content (AvgIpc) is 2.63. The van der Waals surface area contributed by atoms with Crippen molar-refractivity contribution in [2.45, 2.75) is 12.4 Å². The predicted octanol–water partition coefficient (Wildman–Crippen LogP) is 5.31. The largest absolute Gasteiger partial charge is 0.433 e. The van der Waals surface area contributed by atoms with Crippen molar-refractivity contribution in [3.63, 3.8) is 0 Å². The number of carbonyl (C=O) groups is 1. The van der Waals surface area contributed by atoms with Crippen LogP contribution < -0.4 is 10.1 Å². The van der Waals surface area contributed by atoms with Crippen LogP contribution in [0.2, 0.25) is 0 Å². The third-order valence-corrected chi connectivity index (χ3v) is 4.70. The summed E-state index contributed by atoms with van der Waals surface area (Å²) in [6.07, 6.45) is 0. The number of anilines is 1. The number of fused-ring (bicyclic) bond motifs is 1. The minimum atomic E-state index is -2.93. The fourth-order valence-electron chi connectivity index (χ4n) is 2.55. The topological polar surface area (TPSA) is 38.3 Å². The first-order valence-corrected chi connectivity index (χ1v) is 9.16.